The molecule has 2 heteroatoms. The van der Waals surface area contributed by atoms with Crippen molar-refractivity contribution < 1.29 is 4.79 Å². The lowest BCUT2D eigenvalue weighted by Gasteiger charge is -2.39. The summed E-state index contributed by atoms with van der Waals surface area (Å²) in [5.41, 5.74) is 0. The smallest absolute Gasteiger partial charge is 0.152 e. The van der Waals surface area contributed by atoms with E-state index in [4.69, 9.17) is 0 Å². The van der Waals surface area contributed by atoms with Crippen LogP contribution in [0.4, 0.5) is 0 Å². The lowest BCUT2D eigenvalue weighted by atomic mass is 9.81. The van der Waals surface area contributed by atoms with Crippen LogP contribution >= 0.6 is 0 Å². The summed E-state index contributed by atoms with van der Waals surface area (Å²) >= 11 is 0. The van der Waals surface area contributed by atoms with Gasteiger partial charge in [0.2, 0.25) is 0 Å². The van der Waals surface area contributed by atoms with Gasteiger partial charge in [-0.05, 0) is 38.8 Å². The standard InChI is InChI=1S/C13H25NO/c1-5-7-11-8-6-9-14(4)12(11)13(15)10(2)3/h10-12H,5-9H2,1-4H3. The largest absolute Gasteiger partial charge is 0.298 e. The van der Waals surface area contributed by atoms with Crippen LogP contribution in [0.25, 0.3) is 0 Å². The van der Waals surface area contributed by atoms with E-state index < -0.39 is 0 Å². The maximum absolute atomic E-state index is 12.2. The minimum Gasteiger partial charge on any atom is -0.298 e. The molecule has 0 spiro atoms. The lowest BCUT2D eigenvalue weighted by Crippen LogP contribution is -2.49. The molecule has 2 atom stereocenters. The van der Waals surface area contributed by atoms with Crippen LogP contribution in [0.2, 0.25) is 0 Å². The highest BCUT2D eigenvalue weighted by atomic mass is 16.1. The second-order valence-electron chi connectivity index (χ2n) is 5.17. The first-order valence-corrected chi connectivity index (χ1v) is 6.31. The maximum Gasteiger partial charge on any atom is 0.152 e. The highest BCUT2D eigenvalue weighted by Crippen LogP contribution is 2.28. The number of likely N-dealkylation sites (tertiary alicyclic amines) is 1. The van der Waals surface area contributed by atoms with Crippen LogP contribution in [0.3, 0.4) is 0 Å². The molecule has 0 aromatic rings. The van der Waals surface area contributed by atoms with Gasteiger partial charge in [0.1, 0.15) is 0 Å². The summed E-state index contributed by atoms with van der Waals surface area (Å²) in [5.74, 6) is 1.22. The molecular formula is C13H25NO. The van der Waals surface area contributed by atoms with Crippen molar-refractivity contribution in [3.8, 4) is 0 Å². The molecule has 1 aliphatic heterocycles. The van der Waals surface area contributed by atoms with Crippen molar-refractivity contribution in [3.05, 3.63) is 0 Å². The summed E-state index contributed by atoms with van der Waals surface area (Å²) in [6.45, 7) is 7.34. The summed E-state index contributed by atoms with van der Waals surface area (Å²) in [5, 5.41) is 0. The molecule has 0 bridgehead atoms. The Bertz CT molecular complexity index is 211. The number of likely N-dealkylation sites (N-methyl/N-ethyl adjacent to an activating group) is 1. The molecule has 1 rings (SSSR count). The highest BCUT2D eigenvalue weighted by Gasteiger charge is 2.34. The van der Waals surface area contributed by atoms with Gasteiger partial charge in [-0.15, -0.1) is 0 Å². The van der Waals surface area contributed by atoms with E-state index in [2.05, 4.69) is 18.9 Å². The van der Waals surface area contributed by atoms with E-state index in [-0.39, 0.29) is 12.0 Å². The SMILES string of the molecule is CCCC1CCCN(C)C1C(=O)C(C)C. The molecule has 1 saturated heterocycles. The third-order valence-electron chi connectivity index (χ3n) is 3.53. The van der Waals surface area contributed by atoms with E-state index >= 15 is 0 Å². The number of hydrogen-bond donors (Lipinski definition) is 0. The van der Waals surface area contributed by atoms with Gasteiger partial charge >= 0.3 is 0 Å². The van der Waals surface area contributed by atoms with E-state index in [1.165, 1.54) is 25.7 Å². The Kier molecular flexibility index (Phi) is 4.78. The summed E-state index contributed by atoms with van der Waals surface area (Å²) in [6.07, 6.45) is 4.89. The number of carbonyl (C=O) groups excluding carboxylic acids is 1. The van der Waals surface area contributed by atoms with E-state index in [0.29, 0.717) is 11.7 Å². The van der Waals surface area contributed by atoms with E-state index in [9.17, 15) is 4.79 Å². The molecule has 15 heavy (non-hydrogen) atoms. The zero-order valence-electron chi connectivity index (χ0n) is 10.6. The van der Waals surface area contributed by atoms with E-state index in [1.807, 2.05) is 13.8 Å². The molecule has 0 radical (unpaired) electrons. The van der Waals surface area contributed by atoms with Crippen LogP contribution in [0, 0.1) is 11.8 Å². The van der Waals surface area contributed by atoms with Crippen LogP contribution in [0.1, 0.15) is 46.5 Å². The van der Waals surface area contributed by atoms with Crippen LogP contribution in [-0.2, 0) is 4.79 Å². The second-order valence-corrected chi connectivity index (χ2v) is 5.17. The first-order chi connectivity index (χ1) is 7.07. The van der Waals surface area contributed by atoms with Gasteiger partial charge in [-0.2, -0.15) is 0 Å². The summed E-state index contributed by atoms with van der Waals surface area (Å²) in [4.78, 5) is 14.4. The minimum absolute atomic E-state index is 0.176. The fourth-order valence-corrected chi connectivity index (χ4v) is 2.72. The average molecular weight is 211 g/mol. The van der Waals surface area contributed by atoms with Crippen molar-refractivity contribution >= 4 is 5.78 Å². The third-order valence-corrected chi connectivity index (χ3v) is 3.53. The van der Waals surface area contributed by atoms with Gasteiger partial charge in [-0.3, -0.25) is 9.69 Å². The summed E-state index contributed by atoms with van der Waals surface area (Å²) in [6, 6.07) is 0.193. The number of nitrogens with zero attached hydrogens (tertiary/aromatic N) is 1. The van der Waals surface area contributed by atoms with Gasteiger partial charge < -0.3 is 0 Å². The molecule has 2 nitrogen and oxygen atoms in total. The second kappa shape index (κ2) is 5.64. The molecule has 0 aromatic heterocycles. The molecular weight excluding hydrogens is 186 g/mol. The van der Waals surface area contributed by atoms with E-state index in [0.717, 1.165) is 6.54 Å². The quantitative estimate of drug-likeness (QED) is 0.712. The number of ketones is 1. The molecule has 0 aromatic carbocycles. The zero-order valence-corrected chi connectivity index (χ0v) is 10.6. The summed E-state index contributed by atoms with van der Waals surface area (Å²) in [7, 11) is 2.10. The molecule has 0 aliphatic carbocycles. The van der Waals surface area contributed by atoms with Gasteiger partial charge in [0.05, 0.1) is 6.04 Å². The molecule has 2 unspecified atom stereocenters. The Morgan fingerprint density at radius 2 is 2.13 bits per heavy atom. The Morgan fingerprint density at radius 1 is 1.47 bits per heavy atom. The molecule has 0 N–H and O–H groups in total. The maximum atomic E-state index is 12.2. The third kappa shape index (κ3) is 3.04. The average Bonchev–Trinajstić information content (AvgIpc) is 2.17. The van der Waals surface area contributed by atoms with Gasteiger partial charge in [0.15, 0.2) is 5.78 Å². The van der Waals surface area contributed by atoms with Gasteiger partial charge in [-0.25, -0.2) is 0 Å². The molecule has 1 fully saturated rings. The zero-order chi connectivity index (χ0) is 11.4. The van der Waals surface area contributed by atoms with Crippen LogP contribution in [-0.4, -0.2) is 30.3 Å². The van der Waals surface area contributed by atoms with Gasteiger partial charge in [0, 0.05) is 5.92 Å². The number of carbonyl (C=O) groups is 1. The Hall–Kier alpha value is -0.370. The monoisotopic (exact) mass is 211 g/mol. The van der Waals surface area contributed by atoms with Gasteiger partial charge in [-0.1, -0.05) is 27.2 Å². The fourth-order valence-electron chi connectivity index (χ4n) is 2.72. The molecule has 0 amide bonds. The Labute approximate surface area is 94.0 Å². The first-order valence-electron chi connectivity index (χ1n) is 6.31. The normalized spacial score (nSPS) is 28.3. The first kappa shape index (κ1) is 12.7. The van der Waals surface area contributed by atoms with Crippen molar-refractivity contribution in [2.24, 2.45) is 11.8 Å². The van der Waals surface area contributed by atoms with E-state index in [1.54, 1.807) is 0 Å². The Morgan fingerprint density at radius 3 is 2.67 bits per heavy atom. The number of Topliss-reactive ketones (excluding diaryl/α,β-unsaturated/α-hetero) is 1. The molecule has 1 heterocycles. The Balaban J connectivity index is 2.72. The van der Waals surface area contributed by atoms with Gasteiger partial charge in [0.25, 0.3) is 0 Å². The van der Waals surface area contributed by atoms with Crippen LogP contribution in [0.5, 0.6) is 0 Å². The van der Waals surface area contributed by atoms with Crippen LogP contribution < -0.4 is 0 Å². The van der Waals surface area contributed by atoms with Crippen molar-refractivity contribution in [1.29, 1.82) is 0 Å². The fraction of sp³-hybridized carbons (Fsp3) is 0.923. The number of rotatable bonds is 4. The van der Waals surface area contributed by atoms with Crippen LogP contribution in [0.15, 0.2) is 0 Å². The molecule has 88 valence electrons. The summed E-state index contributed by atoms with van der Waals surface area (Å²) < 4.78 is 0. The van der Waals surface area contributed by atoms with Crippen molar-refractivity contribution in [2.75, 3.05) is 13.6 Å². The highest BCUT2D eigenvalue weighted by molar-refractivity contribution is 5.86. The molecule has 1 aliphatic rings. The predicted octanol–water partition coefficient (Wildman–Crippen LogP) is 2.72. The number of piperidine rings is 1. The molecule has 0 saturated carbocycles. The predicted molar refractivity (Wildman–Crippen MR) is 63.9 cm³/mol. The number of hydrogen-bond acceptors (Lipinski definition) is 2. The van der Waals surface area contributed by atoms with Crippen molar-refractivity contribution in [2.45, 2.75) is 52.5 Å². The van der Waals surface area contributed by atoms with Crippen molar-refractivity contribution in [3.63, 3.8) is 0 Å². The topological polar surface area (TPSA) is 20.3 Å². The lowest BCUT2D eigenvalue weighted by molar-refractivity contribution is -0.130. The minimum atomic E-state index is 0.176. The van der Waals surface area contributed by atoms with Crippen molar-refractivity contribution in [1.82, 2.24) is 4.90 Å².